The van der Waals surface area contributed by atoms with Crippen molar-refractivity contribution in [2.45, 2.75) is 38.8 Å². The fraction of sp³-hybridized carbons (Fsp3) is 0.818. The third-order valence-corrected chi connectivity index (χ3v) is 2.52. The van der Waals surface area contributed by atoms with E-state index >= 15 is 0 Å². The van der Waals surface area contributed by atoms with Crippen molar-refractivity contribution in [2.75, 3.05) is 18.6 Å². The molecule has 0 aromatic rings. The van der Waals surface area contributed by atoms with E-state index < -0.39 is 23.5 Å². The van der Waals surface area contributed by atoms with Crippen LogP contribution in [0.1, 0.15) is 27.2 Å². The van der Waals surface area contributed by atoms with E-state index in [-0.39, 0.29) is 6.61 Å². The second-order valence-electron chi connectivity index (χ2n) is 4.64. The van der Waals surface area contributed by atoms with Gasteiger partial charge in [-0.3, -0.25) is 4.79 Å². The molecule has 6 heteroatoms. The maximum Gasteiger partial charge on any atom is 0.326 e. The lowest BCUT2D eigenvalue weighted by atomic mass is 10.2. The number of hydrogen-bond acceptors (Lipinski definition) is 4. The Morgan fingerprint density at radius 1 is 1.41 bits per heavy atom. The Morgan fingerprint density at radius 3 is 2.41 bits per heavy atom. The zero-order chi connectivity index (χ0) is 13.5. The van der Waals surface area contributed by atoms with Crippen molar-refractivity contribution in [3.05, 3.63) is 0 Å². The van der Waals surface area contributed by atoms with Crippen molar-refractivity contribution in [2.24, 2.45) is 0 Å². The summed E-state index contributed by atoms with van der Waals surface area (Å²) in [6, 6.07) is -0.835. The molecule has 0 saturated carbocycles. The maximum atomic E-state index is 11.5. The van der Waals surface area contributed by atoms with Gasteiger partial charge in [-0.15, -0.1) is 0 Å². The maximum absolute atomic E-state index is 11.5. The van der Waals surface area contributed by atoms with Crippen LogP contribution in [-0.4, -0.2) is 47.2 Å². The summed E-state index contributed by atoms with van der Waals surface area (Å²) in [5, 5.41) is 11.4. The van der Waals surface area contributed by atoms with E-state index in [0.717, 1.165) is 0 Å². The van der Waals surface area contributed by atoms with Gasteiger partial charge in [0.05, 0.1) is 5.60 Å². The summed E-state index contributed by atoms with van der Waals surface area (Å²) in [5.74, 6) is -0.714. The summed E-state index contributed by atoms with van der Waals surface area (Å²) in [6.07, 6.45) is 2.31. The molecule has 0 spiro atoms. The molecule has 0 bridgehead atoms. The van der Waals surface area contributed by atoms with Gasteiger partial charge in [0, 0.05) is 0 Å². The van der Waals surface area contributed by atoms with Gasteiger partial charge >= 0.3 is 5.97 Å². The summed E-state index contributed by atoms with van der Waals surface area (Å²) >= 11 is 1.55. The molecular formula is C11H21NO4S. The normalized spacial score (nSPS) is 13.2. The number of nitrogens with one attached hydrogen (secondary N) is 1. The van der Waals surface area contributed by atoms with Crippen LogP contribution in [-0.2, 0) is 14.3 Å². The fourth-order valence-corrected chi connectivity index (χ4v) is 1.48. The Kier molecular flexibility index (Phi) is 7.22. The highest BCUT2D eigenvalue weighted by molar-refractivity contribution is 7.98. The molecule has 17 heavy (non-hydrogen) atoms. The number of carboxylic acids is 1. The number of amides is 1. The predicted octanol–water partition coefficient (Wildman–Crippen LogP) is 1.12. The standard InChI is InChI=1S/C11H21NO4S/c1-11(2,3)16-7-9(13)12-8(10(14)15)5-6-17-4/h8H,5-7H2,1-4H3,(H,12,13)(H,14,15)/t8-/m0/s1. The van der Waals surface area contributed by atoms with Crippen LogP contribution in [0, 0.1) is 0 Å². The number of aliphatic carboxylic acids is 1. The number of carboxylic acid groups (broad SMARTS) is 1. The molecule has 0 aliphatic rings. The smallest absolute Gasteiger partial charge is 0.326 e. The molecule has 0 heterocycles. The molecule has 0 fully saturated rings. The molecule has 5 nitrogen and oxygen atoms in total. The van der Waals surface area contributed by atoms with Crippen LogP contribution in [0.4, 0.5) is 0 Å². The molecule has 0 aliphatic carbocycles. The van der Waals surface area contributed by atoms with Gasteiger partial charge in [0.25, 0.3) is 0 Å². The molecule has 0 aliphatic heterocycles. The first-order valence-corrected chi connectivity index (χ1v) is 6.80. The zero-order valence-electron chi connectivity index (χ0n) is 10.8. The Balaban J connectivity index is 4.08. The molecule has 0 aromatic heterocycles. The largest absolute Gasteiger partial charge is 0.480 e. The van der Waals surface area contributed by atoms with Crippen molar-refractivity contribution in [1.82, 2.24) is 5.32 Å². The van der Waals surface area contributed by atoms with Gasteiger partial charge in [0.1, 0.15) is 12.6 Å². The lowest BCUT2D eigenvalue weighted by Gasteiger charge is -2.20. The van der Waals surface area contributed by atoms with E-state index in [0.29, 0.717) is 12.2 Å². The van der Waals surface area contributed by atoms with Crippen molar-refractivity contribution >= 4 is 23.6 Å². The second kappa shape index (κ2) is 7.55. The van der Waals surface area contributed by atoms with E-state index in [1.807, 2.05) is 27.0 Å². The van der Waals surface area contributed by atoms with Crippen molar-refractivity contribution in [1.29, 1.82) is 0 Å². The lowest BCUT2D eigenvalue weighted by Crippen LogP contribution is -2.43. The number of thioether (sulfide) groups is 1. The highest BCUT2D eigenvalue weighted by Gasteiger charge is 2.20. The number of rotatable bonds is 7. The van der Waals surface area contributed by atoms with Gasteiger partial charge in [-0.05, 0) is 39.2 Å². The average molecular weight is 263 g/mol. The summed E-state index contributed by atoms with van der Waals surface area (Å²) in [4.78, 5) is 22.3. The first-order valence-electron chi connectivity index (χ1n) is 5.41. The van der Waals surface area contributed by atoms with Crippen LogP contribution in [0.5, 0.6) is 0 Å². The minimum Gasteiger partial charge on any atom is -0.480 e. The van der Waals surface area contributed by atoms with Crippen LogP contribution in [0.2, 0.25) is 0 Å². The van der Waals surface area contributed by atoms with Gasteiger partial charge in [-0.25, -0.2) is 4.79 Å². The van der Waals surface area contributed by atoms with E-state index in [1.165, 1.54) is 0 Å². The van der Waals surface area contributed by atoms with E-state index in [4.69, 9.17) is 9.84 Å². The molecule has 1 atom stereocenters. The summed E-state index contributed by atoms with van der Waals surface area (Å²) in [6.45, 7) is 5.39. The highest BCUT2D eigenvalue weighted by atomic mass is 32.2. The topological polar surface area (TPSA) is 75.6 Å². The van der Waals surface area contributed by atoms with Crippen molar-refractivity contribution in [3.63, 3.8) is 0 Å². The summed E-state index contributed by atoms with van der Waals surface area (Å²) in [7, 11) is 0. The summed E-state index contributed by atoms with van der Waals surface area (Å²) < 4.78 is 5.27. The minimum absolute atomic E-state index is 0.119. The predicted molar refractivity (Wildman–Crippen MR) is 68.3 cm³/mol. The quantitative estimate of drug-likeness (QED) is 0.720. The first kappa shape index (κ1) is 16.2. The fourth-order valence-electron chi connectivity index (χ4n) is 1.01. The SMILES string of the molecule is CSCC[C@H](NC(=O)COC(C)(C)C)C(=O)O. The van der Waals surface area contributed by atoms with Crippen LogP contribution in [0.15, 0.2) is 0 Å². The molecule has 0 rings (SSSR count). The molecule has 0 unspecified atom stereocenters. The minimum atomic E-state index is -1.01. The van der Waals surface area contributed by atoms with Gasteiger partial charge < -0.3 is 15.2 Å². The van der Waals surface area contributed by atoms with Gasteiger partial charge in [0.15, 0.2) is 0 Å². The molecule has 2 N–H and O–H groups in total. The molecular weight excluding hydrogens is 242 g/mol. The molecule has 0 saturated heterocycles. The van der Waals surface area contributed by atoms with Gasteiger partial charge in [-0.2, -0.15) is 11.8 Å². The molecule has 0 aromatic carbocycles. The Hall–Kier alpha value is -0.750. The van der Waals surface area contributed by atoms with E-state index in [1.54, 1.807) is 11.8 Å². The second-order valence-corrected chi connectivity index (χ2v) is 5.63. The average Bonchev–Trinajstić information content (AvgIpc) is 2.19. The van der Waals surface area contributed by atoms with Crippen molar-refractivity contribution in [3.8, 4) is 0 Å². The van der Waals surface area contributed by atoms with Crippen LogP contribution in [0.25, 0.3) is 0 Å². The number of ether oxygens (including phenoxy) is 1. The number of carbonyl (C=O) groups excluding carboxylic acids is 1. The van der Waals surface area contributed by atoms with Crippen LogP contribution >= 0.6 is 11.8 Å². The Labute approximate surface area is 106 Å². The van der Waals surface area contributed by atoms with E-state index in [9.17, 15) is 9.59 Å². The first-order chi connectivity index (χ1) is 7.76. The highest BCUT2D eigenvalue weighted by Crippen LogP contribution is 2.06. The molecule has 0 radical (unpaired) electrons. The summed E-state index contributed by atoms with van der Waals surface area (Å²) in [5.41, 5.74) is -0.407. The number of carbonyl (C=O) groups is 2. The number of hydrogen-bond donors (Lipinski definition) is 2. The Morgan fingerprint density at radius 2 is 2.00 bits per heavy atom. The van der Waals surface area contributed by atoms with Crippen LogP contribution < -0.4 is 5.32 Å². The third-order valence-electron chi connectivity index (χ3n) is 1.88. The zero-order valence-corrected chi connectivity index (χ0v) is 11.6. The van der Waals surface area contributed by atoms with Gasteiger partial charge in [-0.1, -0.05) is 0 Å². The van der Waals surface area contributed by atoms with Crippen LogP contribution in [0.3, 0.4) is 0 Å². The van der Waals surface area contributed by atoms with E-state index in [2.05, 4.69) is 5.32 Å². The van der Waals surface area contributed by atoms with Crippen molar-refractivity contribution < 1.29 is 19.4 Å². The third kappa shape index (κ3) is 9.00. The molecule has 100 valence electrons. The Bertz CT molecular complexity index is 263. The lowest BCUT2D eigenvalue weighted by molar-refractivity contribution is -0.143. The van der Waals surface area contributed by atoms with Gasteiger partial charge in [0.2, 0.25) is 5.91 Å². The molecule has 1 amide bonds. The monoisotopic (exact) mass is 263 g/mol.